The first-order chi connectivity index (χ1) is 13.9. The van der Waals surface area contributed by atoms with Crippen LogP contribution in [0.4, 0.5) is 5.69 Å². The van der Waals surface area contributed by atoms with E-state index < -0.39 is 5.41 Å². The molecule has 1 aliphatic carbocycles. The second-order valence-corrected chi connectivity index (χ2v) is 8.29. The van der Waals surface area contributed by atoms with Crippen LogP contribution in [0.1, 0.15) is 51.4 Å². The molecule has 1 aromatic carbocycles. The summed E-state index contributed by atoms with van der Waals surface area (Å²) in [6.45, 7) is 5.64. The largest absolute Gasteiger partial charge is 0.507 e. The minimum Gasteiger partial charge on any atom is -0.507 e. The molecular weight excluding hydrogens is 386 g/mol. The van der Waals surface area contributed by atoms with Crippen molar-refractivity contribution in [3.05, 3.63) is 56.8 Å². The number of Topliss-reactive ketones (excluding diaryl/α,β-unsaturated/α-hetero) is 1. The van der Waals surface area contributed by atoms with Crippen molar-refractivity contribution in [2.45, 2.75) is 45.4 Å². The van der Waals surface area contributed by atoms with Gasteiger partial charge in [0.25, 0.3) is 0 Å². The van der Waals surface area contributed by atoms with Gasteiger partial charge in [0.15, 0.2) is 11.2 Å². The van der Waals surface area contributed by atoms with Crippen LogP contribution in [0.5, 0.6) is 0 Å². The molecule has 0 bridgehead atoms. The highest BCUT2D eigenvalue weighted by Crippen LogP contribution is 2.45. The summed E-state index contributed by atoms with van der Waals surface area (Å²) in [5, 5.41) is 13.6. The van der Waals surface area contributed by atoms with Crippen molar-refractivity contribution in [3.8, 4) is 11.3 Å². The fraction of sp³-hybridized carbons (Fsp3) is 0.304. The fourth-order valence-electron chi connectivity index (χ4n) is 4.29. The molecule has 2 heterocycles. The molecule has 29 heavy (non-hydrogen) atoms. The highest BCUT2D eigenvalue weighted by molar-refractivity contribution is 7.17. The Morgan fingerprint density at radius 1 is 1.14 bits per heavy atom. The van der Waals surface area contributed by atoms with E-state index in [1.54, 1.807) is 0 Å². The molecule has 150 valence electrons. The van der Waals surface area contributed by atoms with Gasteiger partial charge in [0.05, 0.1) is 5.41 Å². The number of hydrogen-bond acceptors (Lipinski definition) is 6. The predicted molar refractivity (Wildman–Crippen MR) is 117 cm³/mol. The zero-order chi connectivity index (χ0) is 20.9. The number of carbonyl (C=O) groups is 1. The molecular formula is C23H23NO4S. The SMILES string of the molecule is CCC1=C(O)c2c(oc(-c3csc4cc(N)ccc34)cc2=O)C(CC)(CC)C1=O. The number of nitrogens with two attached hydrogens (primary N) is 1. The Balaban J connectivity index is 2.05. The number of aliphatic hydroxyl groups is 1. The number of aliphatic hydroxyl groups excluding tert-OH is 1. The Labute approximate surface area is 172 Å². The van der Waals surface area contributed by atoms with E-state index in [2.05, 4.69) is 0 Å². The van der Waals surface area contributed by atoms with Crippen molar-refractivity contribution in [1.29, 1.82) is 0 Å². The van der Waals surface area contributed by atoms with Crippen LogP contribution in [-0.2, 0) is 10.2 Å². The molecule has 0 amide bonds. The molecule has 5 nitrogen and oxygen atoms in total. The maximum atomic E-state index is 13.3. The summed E-state index contributed by atoms with van der Waals surface area (Å²) in [5.74, 6) is 0.280. The number of thiophene rings is 1. The van der Waals surface area contributed by atoms with E-state index in [1.807, 2.05) is 44.4 Å². The van der Waals surface area contributed by atoms with E-state index in [4.69, 9.17) is 10.2 Å². The number of nitrogen functional groups attached to an aromatic ring is 1. The van der Waals surface area contributed by atoms with E-state index in [9.17, 15) is 14.7 Å². The van der Waals surface area contributed by atoms with Crippen molar-refractivity contribution >= 4 is 38.7 Å². The summed E-state index contributed by atoms with van der Waals surface area (Å²) in [6, 6.07) is 7.00. The molecule has 4 rings (SSSR count). The van der Waals surface area contributed by atoms with Crippen molar-refractivity contribution in [3.63, 3.8) is 0 Å². The summed E-state index contributed by atoms with van der Waals surface area (Å²) in [6.07, 6.45) is 1.34. The number of hydrogen-bond donors (Lipinski definition) is 2. The average molecular weight is 410 g/mol. The van der Waals surface area contributed by atoms with Gasteiger partial charge in [-0.2, -0.15) is 0 Å². The minimum absolute atomic E-state index is 0.123. The molecule has 3 aromatic rings. The lowest BCUT2D eigenvalue weighted by molar-refractivity contribution is -0.122. The Bertz CT molecular complexity index is 1230. The normalized spacial score (nSPS) is 15.8. The fourth-order valence-corrected chi connectivity index (χ4v) is 5.29. The number of carbonyl (C=O) groups excluding carboxylic acids is 1. The zero-order valence-corrected chi connectivity index (χ0v) is 17.5. The van der Waals surface area contributed by atoms with Gasteiger partial charge in [0, 0.05) is 38.4 Å². The van der Waals surface area contributed by atoms with E-state index in [0.29, 0.717) is 36.3 Å². The molecule has 0 spiro atoms. The lowest BCUT2D eigenvalue weighted by Crippen LogP contribution is -2.41. The second-order valence-electron chi connectivity index (χ2n) is 7.38. The molecule has 1 aliphatic rings. The minimum atomic E-state index is -0.946. The molecule has 2 aromatic heterocycles. The number of fused-ring (bicyclic) bond motifs is 2. The van der Waals surface area contributed by atoms with E-state index in [1.165, 1.54) is 17.4 Å². The number of benzene rings is 1. The van der Waals surface area contributed by atoms with Gasteiger partial charge in [-0.05, 0) is 31.4 Å². The van der Waals surface area contributed by atoms with Crippen molar-refractivity contribution < 1.29 is 14.3 Å². The van der Waals surface area contributed by atoms with Crippen LogP contribution >= 0.6 is 11.3 Å². The third-order valence-corrected chi connectivity index (χ3v) is 6.98. The Hall–Kier alpha value is -2.86. The van der Waals surface area contributed by atoms with Crippen LogP contribution < -0.4 is 11.2 Å². The van der Waals surface area contributed by atoms with Crippen LogP contribution in [0.2, 0.25) is 0 Å². The summed E-state index contributed by atoms with van der Waals surface area (Å²) in [7, 11) is 0. The summed E-state index contributed by atoms with van der Waals surface area (Å²) < 4.78 is 7.25. The number of rotatable bonds is 4. The molecule has 0 unspecified atom stereocenters. The van der Waals surface area contributed by atoms with Crippen LogP contribution in [0.3, 0.4) is 0 Å². The predicted octanol–water partition coefficient (Wildman–Crippen LogP) is 5.42. The molecule has 6 heteroatoms. The first-order valence-electron chi connectivity index (χ1n) is 9.80. The Morgan fingerprint density at radius 3 is 2.52 bits per heavy atom. The van der Waals surface area contributed by atoms with Gasteiger partial charge in [0.2, 0.25) is 0 Å². The molecule has 0 aliphatic heterocycles. The molecule has 0 radical (unpaired) electrons. The van der Waals surface area contributed by atoms with Gasteiger partial charge in [-0.25, -0.2) is 0 Å². The van der Waals surface area contributed by atoms with Crippen molar-refractivity contribution in [1.82, 2.24) is 0 Å². The molecule has 0 saturated carbocycles. The van der Waals surface area contributed by atoms with Crippen LogP contribution in [0.25, 0.3) is 27.2 Å². The van der Waals surface area contributed by atoms with E-state index in [-0.39, 0.29) is 28.3 Å². The summed E-state index contributed by atoms with van der Waals surface area (Å²) >= 11 is 1.52. The van der Waals surface area contributed by atoms with Gasteiger partial charge in [-0.15, -0.1) is 11.3 Å². The van der Waals surface area contributed by atoms with Gasteiger partial charge in [-0.3, -0.25) is 9.59 Å². The first-order valence-corrected chi connectivity index (χ1v) is 10.7. The van der Waals surface area contributed by atoms with Gasteiger partial charge in [-0.1, -0.05) is 26.8 Å². The smallest absolute Gasteiger partial charge is 0.196 e. The van der Waals surface area contributed by atoms with Crippen molar-refractivity contribution in [2.75, 3.05) is 5.73 Å². The monoisotopic (exact) mass is 409 g/mol. The van der Waals surface area contributed by atoms with Gasteiger partial charge in [0.1, 0.15) is 22.8 Å². The zero-order valence-electron chi connectivity index (χ0n) is 16.7. The molecule has 0 saturated heterocycles. The summed E-state index contributed by atoms with van der Waals surface area (Å²) in [5.41, 5.74) is 6.47. The Morgan fingerprint density at radius 2 is 1.86 bits per heavy atom. The number of anilines is 1. The van der Waals surface area contributed by atoms with E-state index >= 15 is 0 Å². The van der Waals surface area contributed by atoms with Gasteiger partial charge < -0.3 is 15.3 Å². The summed E-state index contributed by atoms with van der Waals surface area (Å²) in [4.78, 5) is 26.4. The maximum Gasteiger partial charge on any atom is 0.196 e. The van der Waals surface area contributed by atoms with Crippen LogP contribution in [-0.4, -0.2) is 10.9 Å². The molecule has 0 atom stereocenters. The second kappa shape index (κ2) is 6.88. The lowest BCUT2D eigenvalue weighted by atomic mass is 9.68. The number of ketones is 1. The van der Waals surface area contributed by atoms with Crippen LogP contribution in [0.15, 0.2) is 44.4 Å². The van der Waals surface area contributed by atoms with Crippen LogP contribution in [0, 0.1) is 0 Å². The third kappa shape index (κ3) is 2.66. The van der Waals surface area contributed by atoms with Gasteiger partial charge >= 0.3 is 0 Å². The average Bonchev–Trinajstić information content (AvgIpc) is 3.12. The lowest BCUT2D eigenvalue weighted by Gasteiger charge is -2.35. The Kier molecular flexibility index (Phi) is 4.62. The van der Waals surface area contributed by atoms with Crippen molar-refractivity contribution in [2.24, 2.45) is 0 Å². The molecule has 0 fully saturated rings. The quantitative estimate of drug-likeness (QED) is 0.561. The highest BCUT2D eigenvalue weighted by atomic mass is 32.1. The first kappa shape index (κ1) is 19.5. The third-order valence-electron chi connectivity index (χ3n) is 6.04. The molecule has 3 N–H and O–H groups in total. The number of allylic oxidation sites excluding steroid dienone is 1. The maximum absolute atomic E-state index is 13.3. The topological polar surface area (TPSA) is 93.5 Å². The van der Waals surface area contributed by atoms with E-state index in [0.717, 1.165) is 15.6 Å². The highest BCUT2D eigenvalue weighted by Gasteiger charge is 2.48. The standard InChI is InChI=1S/C23H23NO4S/c1-4-13-20(26)19-16(25)10-17(28-22(19)23(5-2,6-3)21(13)27)15-11-29-18-9-12(24)7-8-14(15)18/h7-11,26H,4-6,24H2,1-3H3.